The van der Waals surface area contributed by atoms with E-state index in [0.29, 0.717) is 6.54 Å². The monoisotopic (exact) mass is 260 g/mol. The van der Waals surface area contributed by atoms with Crippen molar-refractivity contribution in [1.82, 2.24) is 20.1 Å². The molecule has 0 atom stereocenters. The SMILES string of the molecule is CCCOc1cccc(CNCc2ncn(C)n2)c1. The van der Waals surface area contributed by atoms with Crippen LogP contribution in [0.3, 0.4) is 0 Å². The van der Waals surface area contributed by atoms with Crippen molar-refractivity contribution in [2.45, 2.75) is 26.4 Å². The van der Waals surface area contributed by atoms with Gasteiger partial charge in [-0.05, 0) is 24.1 Å². The third kappa shape index (κ3) is 4.37. The van der Waals surface area contributed by atoms with E-state index >= 15 is 0 Å². The van der Waals surface area contributed by atoms with Crippen LogP contribution in [0.1, 0.15) is 24.7 Å². The second kappa shape index (κ2) is 6.89. The average Bonchev–Trinajstić information content (AvgIpc) is 2.83. The first kappa shape index (κ1) is 13.5. The van der Waals surface area contributed by atoms with Crippen molar-refractivity contribution >= 4 is 0 Å². The molecule has 5 nitrogen and oxygen atoms in total. The molecular formula is C14H20N4O. The Hall–Kier alpha value is -1.88. The highest BCUT2D eigenvalue weighted by Crippen LogP contribution is 2.13. The lowest BCUT2D eigenvalue weighted by Gasteiger charge is -2.07. The van der Waals surface area contributed by atoms with Gasteiger partial charge in [0, 0.05) is 13.6 Å². The van der Waals surface area contributed by atoms with E-state index in [9.17, 15) is 0 Å². The fourth-order valence-corrected chi connectivity index (χ4v) is 1.75. The molecule has 1 N–H and O–H groups in total. The predicted octanol–water partition coefficient (Wildman–Crippen LogP) is 1.89. The highest BCUT2D eigenvalue weighted by Gasteiger charge is 2.00. The Morgan fingerprint density at radius 1 is 1.32 bits per heavy atom. The maximum Gasteiger partial charge on any atom is 0.164 e. The molecule has 2 aromatic rings. The summed E-state index contributed by atoms with van der Waals surface area (Å²) in [5.41, 5.74) is 1.20. The van der Waals surface area contributed by atoms with Crippen LogP contribution < -0.4 is 10.1 Å². The van der Waals surface area contributed by atoms with Crippen molar-refractivity contribution < 1.29 is 4.74 Å². The molecule has 0 fully saturated rings. The molecule has 19 heavy (non-hydrogen) atoms. The molecule has 0 bridgehead atoms. The number of aryl methyl sites for hydroxylation is 1. The number of aromatic nitrogens is 3. The molecule has 0 aliphatic heterocycles. The third-order valence-electron chi connectivity index (χ3n) is 2.63. The summed E-state index contributed by atoms with van der Waals surface area (Å²) >= 11 is 0. The number of hydrogen-bond acceptors (Lipinski definition) is 4. The van der Waals surface area contributed by atoms with Crippen molar-refractivity contribution in [1.29, 1.82) is 0 Å². The van der Waals surface area contributed by atoms with E-state index in [0.717, 1.165) is 31.1 Å². The minimum Gasteiger partial charge on any atom is -0.494 e. The molecule has 0 aliphatic carbocycles. The molecule has 0 amide bonds. The summed E-state index contributed by atoms with van der Waals surface area (Å²) in [4.78, 5) is 4.17. The normalized spacial score (nSPS) is 10.6. The second-order valence-electron chi connectivity index (χ2n) is 4.43. The van der Waals surface area contributed by atoms with Crippen LogP contribution in [0, 0.1) is 0 Å². The number of nitrogens with one attached hydrogen (secondary N) is 1. The van der Waals surface area contributed by atoms with Crippen LogP contribution in [0.4, 0.5) is 0 Å². The van der Waals surface area contributed by atoms with Crippen molar-refractivity contribution in [3.05, 3.63) is 42.0 Å². The van der Waals surface area contributed by atoms with Crippen LogP contribution in [0.25, 0.3) is 0 Å². The molecule has 5 heteroatoms. The van der Waals surface area contributed by atoms with Crippen LogP contribution in [-0.4, -0.2) is 21.4 Å². The number of nitrogens with zero attached hydrogens (tertiary/aromatic N) is 3. The molecule has 2 rings (SSSR count). The standard InChI is InChI=1S/C14H20N4O/c1-3-7-19-13-6-4-5-12(8-13)9-15-10-14-16-11-18(2)17-14/h4-6,8,11,15H,3,7,9-10H2,1-2H3. The van der Waals surface area contributed by atoms with Gasteiger partial charge in [0.2, 0.25) is 0 Å². The van der Waals surface area contributed by atoms with E-state index in [4.69, 9.17) is 4.74 Å². The van der Waals surface area contributed by atoms with Gasteiger partial charge in [-0.25, -0.2) is 4.98 Å². The lowest BCUT2D eigenvalue weighted by molar-refractivity contribution is 0.317. The minimum absolute atomic E-state index is 0.668. The number of benzene rings is 1. The molecule has 1 aromatic carbocycles. The maximum absolute atomic E-state index is 5.61. The number of ether oxygens (including phenoxy) is 1. The zero-order valence-corrected chi connectivity index (χ0v) is 11.5. The number of hydrogen-bond donors (Lipinski definition) is 1. The van der Waals surface area contributed by atoms with E-state index in [1.807, 2.05) is 19.2 Å². The second-order valence-corrected chi connectivity index (χ2v) is 4.43. The molecule has 0 spiro atoms. The highest BCUT2D eigenvalue weighted by atomic mass is 16.5. The molecule has 0 radical (unpaired) electrons. The van der Waals surface area contributed by atoms with E-state index in [-0.39, 0.29) is 0 Å². The Morgan fingerprint density at radius 3 is 2.95 bits per heavy atom. The Bertz CT molecular complexity index is 510. The van der Waals surface area contributed by atoms with E-state index in [1.54, 1.807) is 11.0 Å². The van der Waals surface area contributed by atoms with Crippen LogP contribution >= 0.6 is 0 Å². The summed E-state index contributed by atoms with van der Waals surface area (Å²) in [6.07, 6.45) is 2.73. The summed E-state index contributed by atoms with van der Waals surface area (Å²) in [6, 6.07) is 8.15. The molecular weight excluding hydrogens is 240 g/mol. The highest BCUT2D eigenvalue weighted by molar-refractivity contribution is 5.28. The fraction of sp³-hybridized carbons (Fsp3) is 0.429. The van der Waals surface area contributed by atoms with E-state index < -0.39 is 0 Å². The van der Waals surface area contributed by atoms with Gasteiger partial charge in [0.15, 0.2) is 5.82 Å². The van der Waals surface area contributed by atoms with Gasteiger partial charge in [0.1, 0.15) is 12.1 Å². The Kier molecular flexibility index (Phi) is 4.92. The van der Waals surface area contributed by atoms with Crippen molar-refractivity contribution in [2.75, 3.05) is 6.61 Å². The molecule has 102 valence electrons. The molecule has 1 heterocycles. The predicted molar refractivity (Wildman–Crippen MR) is 73.8 cm³/mol. The largest absolute Gasteiger partial charge is 0.494 e. The third-order valence-corrected chi connectivity index (χ3v) is 2.63. The summed E-state index contributed by atoms with van der Waals surface area (Å²) in [7, 11) is 1.87. The molecule has 0 saturated carbocycles. The molecule has 0 aliphatic rings. The van der Waals surface area contributed by atoms with Gasteiger partial charge in [0.05, 0.1) is 13.2 Å². The summed E-state index contributed by atoms with van der Waals surface area (Å²) in [5, 5.41) is 7.54. The zero-order valence-electron chi connectivity index (χ0n) is 11.5. The van der Waals surface area contributed by atoms with Gasteiger partial charge < -0.3 is 10.1 Å². The van der Waals surface area contributed by atoms with Crippen LogP contribution in [0.15, 0.2) is 30.6 Å². The summed E-state index contributed by atoms with van der Waals surface area (Å²) in [6.45, 7) is 4.31. The van der Waals surface area contributed by atoms with Crippen LogP contribution in [0.5, 0.6) is 5.75 Å². The topological polar surface area (TPSA) is 52.0 Å². The molecule has 1 aromatic heterocycles. The maximum atomic E-state index is 5.61. The van der Waals surface area contributed by atoms with Gasteiger partial charge in [-0.2, -0.15) is 5.10 Å². The summed E-state index contributed by atoms with van der Waals surface area (Å²) in [5.74, 6) is 1.73. The first-order valence-electron chi connectivity index (χ1n) is 6.55. The quantitative estimate of drug-likeness (QED) is 0.826. The van der Waals surface area contributed by atoms with Crippen LogP contribution in [0.2, 0.25) is 0 Å². The Morgan fingerprint density at radius 2 is 2.21 bits per heavy atom. The minimum atomic E-state index is 0.668. The Labute approximate surface area is 113 Å². The van der Waals surface area contributed by atoms with E-state index in [2.05, 4.69) is 34.5 Å². The fourth-order valence-electron chi connectivity index (χ4n) is 1.75. The van der Waals surface area contributed by atoms with Crippen molar-refractivity contribution in [3.8, 4) is 5.75 Å². The van der Waals surface area contributed by atoms with Crippen molar-refractivity contribution in [2.24, 2.45) is 7.05 Å². The van der Waals surface area contributed by atoms with E-state index in [1.165, 1.54) is 5.56 Å². The van der Waals surface area contributed by atoms with Gasteiger partial charge in [0.25, 0.3) is 0 Å². The zero-order chi connectivity index (χ0) is 13.5. The molecule has 0 unspecified atom stereocenters. The summed E-state index contributed by atoms with van der Waals surface area (Å²) < 4.78 is 7.31. The van der Waals surface area contributed by atoms with Gasteiger partial charge in [-0.3, -0.25) is 4.68 Å². The number of rotatable bonds is 7. The van der Waals surface area contributed by atoms with Gasteiger partial charge in [-0.1, -0.05) is 19.1 Å². The first-order chi connectivity index (χ1) is 9.28. The van der Waals surface area contributed by atoms with Crippen LogP contribution in [-0.2, 0) is 20.1 Å². The lowest BCUT2D eigenvalue weighted by atomic mass is 10.2. The first-order valence-corrected chi connectivity index (χ1v) is 6.55. The molecule has 0 saturated heterocycles. The van der Waals surface area contributed by atoms with Gasteiger partial charge in [-0.15, -0.1) is 0 Å². The van der Waals surface area contributed by atoms with Crippen molar-refractivity contribution in [3.63, 3.8) is 0 Å². The average molecular weight is 260 g/mol. The lowest BCUT2D eigenvalue weighted by Crippen LogP contribution is -2.14. The van der Waals surface area contributed by atoms with Gasteiger partial charge >= 0.3 is 0 Å². The Balaban J connectivity index is 1.82. The smallest absolute Gasteiger partial charge is 0.164 e.